The van der Waals surface area contributed by atoms with Gasteiger partial charge in [0.05, 0.1) is 23.5 Å². The Balaban J connectivity index is 2.47. The van der Waals surface area contributed by atoms with E-state index in [9.17, 15) is 9.59 Å². The molecule has 2 rings (SSSR count). The number of halogens is 2. The maximum atomic E-state index is 12.6. The van der Waals surface area contributed by atoms with Gasteiger partial charge in [0.1, 0.15) is 11.9 Å². The lowest BCUT2D eigenvalue weighted by molar-refractivity contribution is -0.169. The summed E-state index contributed by atoms with van der Waals surface area (Å²) in [6.45, 7) is 6.04. The van der Waals surface area contributed by atoms with Crippen molar-refractivity contribution in [2.45, 2.75) is 39.8 Å². The number of nitrogens with zero attached hydrogens (tertiary/aromatic N) is 4. The Labute approximate surface area is 171 Å². The van der Waals surface area contributed by atoms with E-state index in [1.54, 1.807) is 30.7 Å². The van der Waals surface area contributed by atoms with E-state index in [1.165, 1.54) is 16.9 Å². The molecule has 10 heteroatoms. The maximum absolute atomic E-state index is 12.6. The van der Waals surface area contributed by atoms with Crippen molar-refractivity contribution >= 4 is 39.1 Å². The molecule has 0 aliphatic heterocycles. The van der Waals surface area contributed by atoms with Gasteiger partial charge < -0.3 is 5.32 Å². The number of aromatic nitrogens is 3. The quantitative estimate of drug-likeness (QED) is 0.643. The number of anilines is 1. The number of hydrogen-bond acceptors (Lipinski definition) is 5. The Kier molecular flexibility index (Phi) is 7.07. The third kappa shape index (κ3) is 4.36. The van der Waals surface area contributed by atoms with Gasteiger partial charge in [0.2, 0.25) is 0 Å². The van der Waals surface area contributed by atoms with Gasteiger partial charge in [0, 0.05) is 18.1 Å². The Hall–Kier alpha value is -1.84. The second-order valence-corrected chi connectivity index (χ2v) is 7.15. The number of nitrogens with one attached hydrogen (secondary N) is 1. The van der Waals surface area contributed by atoms with E-state index in [0.717, 1.165) is 0 Å². The summed E-state index contributed by atoms with van der Waals surface area (Å²) >= 11 is 9.81. The molecule has 0 bridgehead atoms. The lowest BCUT2D eigenvalue weighted by Gasteiger charge is -2.23. The molecule has 1 aromatic heterocycles. The smallest absolute Gasteiger partial charge is 0.350 e. The van der Waals surface area contributed by atoms with Crippen LogP contribution in [0.2, 0.25) is 5.02 Å². The van der Waals surface area contributed by atoms with Gasteiger partial charge in [-0.25, -0.2) is 9.86 Å². The molecule has 1 unspecified atom stereocenters. The van der Waals surface area contributed by atoms with Crippen LogP contribution in [0.1, 0.15) is 26.1 Å². The standard InChI is InChI=1S/C17H23BrClN5O3/c1-6-13(16(25)22(4)27-5)20-14-9-15(12(19)8-11(14)18)24-17(26)23(7-2)10(3)21-24/h8-9,13,20H,6-7H2,1-5H3. The number of aryl methyl sites for hydroxylation is 1. The highest BCUT2D eigenvalue weighted by atomic mass is 79.9. The van der Waals surface area contributed by atoms with Crippen LogP contribution in [-0.2, 0) is 16.2 Å². The first-order chi connectivity index (χ1) is 12.7. The van der Waals surface area contributed by atoms with Crippen LogP contribution < -0.4 is 11.0 Å². The summed E-state index contributed by atoms with van der Waals surface area (Å²) in [5.41, 5.74) is 0.784. The highest BCUT2D eigenvalue weighted by molar-refractivity contribution is 9.10. The van der Waals surface area contributed by atoms with Crippen molar-refractivity contribution in [3.63, 3.8) is 0 Å². The van der Waals surface area contributed by atoms with E-state index >= 15 is 0 Å². The van der Waals surface area contributed by atoms with Crippen LogP contribution in [0.15, 0.2) is 21.4 Å². The molecule has 0 spiro atoms. The first kappa shape index (κ1) is 21.5. The van der Waals surface area contributed by atoms with Crippen LogP contribution in [0.4, 0.5) is 5.69 Å². The number of hydroxylamine groups is 2. The van der Waals surface area contributed by atoms with E-state index in [0.29, 0.717) is 39.7 Å². The van der Waals surface area contributed by atoms with E-state index in [2.05, 4.69) is 26.3 Å². The summed E-state index contributed by atoms with van der Waals surface area (Å²) < 4.78 is 3.49. The molecule has 1 aromatic carbocycles. The molecule has 1 amide bonds. The summed E-state index contributed by atoms with van der Waals surface area (Å²) in [5.74, 6) is 0.381. The van der Waals surface area contributed by atoms with Gasteiger partial charge >= 0.3 is 5.69 Å². The number of hydrogen-bond donors (Lipinski definition) is 1. The largest absolute Gasteiger partial charge is 0.373 e. The molecule has 0 radical (unpaired) electrons. The van der Waals surface area contributed by atoms with Crippen molar-refractivity contribution in [2.24, 2.45) is 0 Å². The molecule has 0 aliphatic carbocycles. The van der Waals surface area contributed by atoms with Crippen molar-refractivity contribution in [3.05, 3.63) is 37.9 Å². The number of benzene rings is 1. The Morgan fingerprint density at radius 2 is 2.11 bits per heavy atom. The van der Waals surface area contributed by atoms with E-state index < -0.39 is 6.04 Å². The first-order valence-electron chi connectivity index (χ1n) is 8.49. The van der Waals surface area contributed by atoms with Crippen LogP contribution in [0.5, 0.6) is 0 Å². The summed E-state index contributed by atoms with van der Waals surface area (Å²) in [4.78, 5) is 30.0. The van der Waals surface area contributed by atoms with Gasteiger partial charge in [0.15, 0.2) is 0 Å². The van der Waals surface area contributed by atoms with Crippen LogP contribution in [0.25, 0.3) is 5.69 Å². The summed E-state index contributed by atoms with van der Waals surface area (Å²) in [5, 5.41) is 9.01. The van der Waals surface area contributed by atoms with Gasteiger partial charge in [-0.05, 0) is 48.3 Å². The fourth-order valence-corrected chi connectivity index (χ4v) is 3.49. The van der Waals surface area contributed by atoms with Gasteiger partial charge in [-0.15, -0.1) is 0 Å². The third-order valence-corrected chi connectivity index (χ3v) is 5.21. The maximum Gasteiger partial charge on any atom is 0.350 e. The summed E-state index contributed by atoms with van der Waals surface area (Å²) in [6, 6.07) is 2.86. The number of amides is 1. The fourth-order valence-electron chi connectivity index (χ4n) is 2.66. The zero-order valence-electron chi connectivity index (χ0n) is 15.9. The first-order valence-corrected chi connectivity index (χ1v) is 9.66. The molecule has 8 nitrogen and oxygen atoms in total. The Morgan fingerprint density at radius 1 is 1.44 bits per heavy atom. The van der Waals surface area contributed by atoms with Crippen molar-refractivity contribution in [1.82, 2.24) is 19.4 Å². The molecule has 0 saturated heterocycles. The minimum absolute atomic E-state index is 0.216. The molecule has 2 aromatic rings. The molecule has 0 saturated carbocycles. The van der Waals surface area contributed by atoms with E-state index in [-0.39, 0.29) is 11.6 Å². The highest BCUT2D eigenvalue weighted by Gasteiger charge is 2.22. The summed E-state index contributed by atoms with van der Waals surface area (Å²) in [6.07, 6.45) is 0.542. The molecule has 27 heavy (non-hydrogen) atoms. The lowest BCUT2D eigenvalue weighted by atomic mass is 10.2. The van der Waals surface area contributed by atoms with Crippen LogP contribution >= 0.6 is 27.5 Å². The average Bonchev–Trinajstić information content (AvgIpc) is 2.93. The van der Waals surface area contributed by atoms with Gasteiger partial charge in [-0.1, -0.05) is 18.5 Å². The molecular weight excluding hydrogens is 438 g/mol. The lowest BCUT2D eigenvalue weighted by Crippen LogP contribution is -2.40. The number of rotatable bonds is 7. The third-order valence-electron chi connectivity index (χ3n) is 4.25. The normalized spacial score (nSPS) is 12.1. The molecule has 0 aliphatic rings. The van der Waals surface area contributed by atoms with Gasteiger partial charge in [0.25, 0.3) is 5.91 Å². The van der Waals surface area contributed by atoms with Gasteiger partial charge in [-0.2, -0.15) is 9.78 Å². The van der Waals surface area contributed by atoms with Crippen LogP contribution in [-0.4, -0.2) is 45.5 Å². The number of carbonyl (C=O) groups is 1. The molecule has 1 atom stereocenters. The monoisotopic (exact) mass is 459 g/mol. The molecule has 1 heterocycles. The molecule has 0 fully saturated rings. The second kappa shape index (κ2) is 8.90. The zero-order valence-corrected chi connectivity index (χ0v) is 18.3. The summed E-state index contributed by atoms with van der Waals surface area (Å²) in [7, 11) is 2.98. The molecular formula is C17H23BrClN5O3. The minimum Gasteiger partial charge on any atom is -0.373 e. The topological polar surface area (TPSA) is 81.4 Å². The zero-order chi connectivity index (χ0) is 20.3. The van der Waals surface area contributed by atoms with Crippen molar-refractivity contribution in [3.8, 4) is 5.69 Å². The van der Waals surface area contributed by atoms with Crippen LogP contribution in [0.3, 0.4) is 0 Å². The van der Waals surface area contributed by atoms with E-state index in [1.807, 2.05) is 13.8 Å². The Morgan fingerprint density at radius 3 is 2.63 bits per heavy atom. The fraction of sp³-hybridized carbons (Fsp3) is 0.471. The van der Waals surface area contributed by atoms with Crippen LogP contribution in [0, 0.1) is 6.92 Å². The highest BCUT2D eigenvalue weighted by Crippen LogP contribution is 2.32. The Bertz CT molecular complexity index is 895. The predicted octanol–water partition coefficient (Wildman–Crippen LogP) is 2.99. The number of carbonyl (C=O) groups excluding carboxylic acids is 1. The average molecular weight is 461 g/mol. The predicted molar refractivity (Wildman–Crippen MR) is 108 cm³/mol. The van der Waals surface area contributed by atoms with Gasteiger partial charge in [-0.3, -0.25) is 14.2 Å². The van der Waals surface area contributed by atoms with Crippen molar-refractivity contribution in [2.75, 3.05) is 19.5 Å². The molecule has 148 valence electrons. The SMILES string of the molecule is CCC(Nc1cc(-n2nc(C)n(CC)c2=O)c(Cl)cc1Br)C(=O)N(C)OC. The van der Waals surface area contributed by atoms with E-state index in [4.69, 9.17) is 16.4 Å². The molecule has 1 N–H and O–H groups in total. The minimum atomic E-state index is -0.507. The second-order valence-electron chi connectivity index (χ2n) is 5.89. The van der Waals surface area contributed by atoms with Crippen molar-refractivity contribution in [1.29, 1.82) is 0 Å². The number of likely N-dealkylation sites (N-methyl/N-ethyl adjacent to an activating group) is 1. The van der Waals surface area contributed by atoms with Crippen molar-refractivity contribution < 1.29 is 9.63 Å².